The van der Waals surface area contributed by atoms with Crippen LogP contribution in [0.3, 0.4) is 0 Å². The third-order valence-corrected chi connectivity index (χ3v) is 7.93. The molecule has 1 aromatic rings. The van der Waals surface area contributed by atoms with Gasteiger partial charge in [-0.05, 0) is 50.3 Å². The van der Waals surface area contributed by atoms with Crippen LogP contribution < -0.4 is 4.90 Å². The molecule has 1 aromatic heterocycles. The van der Waals surface area contributed by atoms with Gasteiger partial charge in [0.1, 0.15) is 5.82 Å². The number of sulfone groups is 1. The number of hydrogen-bond acceptors (Lipinski definition) is 5. The summed E-state index contributed by atoms with van der Waals surface area (Å²) in [5.41, 5.74) is 0. The van der Waals surface area contributed by atoms with Crippen LogP contribution in [0, 0.1) is 11.9 Å². The summed E-state index contributed by atoms with van der Waals surface area (Å²) < 4.78 is 37.9. The van der Waals surface area contributed by atoms with E-state index in [0.717, 1.165) is 64.8 Å². The Morgan fingerprint density at radius 1 is 1.00 bits per heavy atom. The van der Waals surface area contributed by atoms with Gasteiger partial charge in [-0.25, -0.2) is 13.4 Å². The summed E-state index contributed by atoms with van der Waals surface area (Å²) in [7, 11) is -2.89. The first-order chi connectivity index (χ1) is 13.5. The van der Waals surface area contributed by atoms with Crippen LogP contribution in [-0.4, -0.2) is 62.5 Å². The van der Waals surface area contributed by atoms with Crippen molar-refractivity contribution in [1.82, 2.24) is 9.88 Å². The Bertz CT molecular complexity index is 699. The third kappa shape index (κ3) is 6.99. The van der Waals surface area contributed by atoms with E-state index in [-0.39, 0.29) is 0 Å². The third-order valence-electron chi connectivity index (χ3n) is 6.04. The van der Waals surface area contributed by atoms with E-state index in [1.165, 1.54) is 25.3 Å². The van der Waals surface area contributed by atoms with Gasteiger partial charge in [-0.3, -0.25) is 4.90 Å². The first-order valence-electron chi connectivity index (χ1n) is 10.8. The minimum Gasteiger partial charge on any atom is -0.354 e. The second-order valence-electron chi connectivity index (χ2n) is 8.33. The van der Waals surface area contributed by atoms with E-state index < -0.39 is 15.8 Å². The standard InChI is InChI=1S/C21H34FN3O2S/c22-20-10-7-11-21(23-20)25-15-13-24(14-16-25)12-5-2-6-17-28(26,27)18-19-8-3-1-4-9-19/h7,10-11,19H,1-6,8-9,12-18H2. The average Bonchev–Trinajstić information content (AvgIpc) is 2.68. The smallest absolute Gasteiger partial charge is 0.214 e. The van der Waals surface area contributed by atoms with Crippen molar-refractivity contribution in [3.8, 4) is 0 Å². The molecule has 0 amide bonds. The minimum absolute atomic E-state index is 0.350. The summed E-state index contributed by atoms with van der Waals surface area (Å²) in [5.74, 6) is 1.44. The Kier molecular flexibility index (Phi) is 8.09. The summed E-state index contributed by atoms with van der Waals surface area (Å²) >= 11 is 0. The molecule has 2 fully saturated rings. The number of aromatic nitrogens is 1. The number of unbranched alkanes of at least 4 members (excludes halogenated alkanes) is 2. The lowest BCUT2D eigenvalue weighted by Gasteiger charge is -2.35. The van der Waals surface area contributed by atoms with E-state index in [0.29, 0.717) is 23.2 Å². The van der Waals surface area contributed by atoms with E-state index in [9.17, 15) is 12.8 Å². The van der Waals surface area contributed by atoms with E-state index >= 15 is 0 Å². The molecule has 3 rings (SSSR count). The normalized spacial score (nSPS) is 19.8. The van der Waals surface area contributed by atoms with Crippen LogP contribution in [0.2, 0.25) is 0 Å². The average molecular weight is 412 g/mol. The van der Waals surface area contributed by atoms with Gasteiger partial charge >= 0.3 is 0 Å². The largest absolute Gasteiger partial charge is 0.354 e. The van der Waals surface area contributed by atoms with E-state index in [1.54, 1.807) is 6.07 Å². The molecule has 7 heteroatoms. The van der Waals surface area contributed by atoms with Gasteiger partial charge in [0.15, 0.2) is 9.84 Å². The zero-order valence-electron chi connectivity index (χ0n) is 16.9. The Morgan fingerprint density at radius 3 is 2.46 bits per heavy atom. The predicted molar refractivity (Wildman–Crippen MR) is 112 cm³/mol. The molecule has 0 aromatic carbocycles. The number of pyridine rings is 1. The lowest BCUT2D eigenvalue weighted by molar-refractivity contribution is 0.252. The van der Waals surface area contributed by atoms with Crippen molar-refractivity contribution in [3.63, 3.8) is 0 Å². The van der Waals surface area contributed by atoms with Crippen LogP contribution in [0.1, 0.15) is 51.4 Å². The Balaban J connectivity index is 1.28. The van der Waals surface area contributed by atoms with Gasteiger partial charge in [0, 0.05) is 26.2 Å². The Labute approximate surface area is 169 Å². The molecule has 1 aliphatic heterocycles. The molecule has 1 saturated heterocycles. The van der Waals surface area contributed by atoms with Crippen LogP contribution in [0.4, 0.5) is 10.2 Å². The number of halogens is 1. The lowest BCUT2D eigenvalue weighted by Crippen LogP contribution is -2.47. The van der Waals surface area contributed by atoms with E-state index in [1.807, 2.05) is 6.07 Å². The quantitative estimate of drug-likeness (QED) is 0.460. The van der Waals surface area contributed by atoms with Crippen molar-refractivity contribution in [2.24, 2.45) is 5.92 Å². The van der Waals surface area contributed by atoms with Crippen molar-refractivity contribution < 1.29 is 12.8 Å². The summed E-state index contributed by atoms with van der Waals surface area (Å²) in [6.07, 6.45) is 8.64. The zero-order chi connectivity index (χ0) is 19.8. The van der Waals surface area contributed by atoms with Gasteiger partial charge in [0.25, 0.3) is 0 Å². The van der Waals surface area contributed by atoms with Gasteiger partial charge in [-0.1, -0.05) is 31.7 Å². The maximum absolute atomic E-state index is 13.3. The van der Waals surface area contributed by atoms with Crippen molar-refractivity contribution in [2.75, 3.05) is 49.1 Å². The molecule has 0 spiro atoms. The van der Waals surface area contributed by atoms with Gasteiger partial charge in [-0.2, -0.15) is 4.39 Å². The first-order valence-corrected chi connectivity index (χ1v) is 12.6. The predicted octanol–water partition coefficient (Wildman–Crippen LogP) is 3.51. The number of anilines is 1. The van der Waals surface area contributed by atoms with Gasteiger partial charge in [-0.15, -0.1) is 0 Å². The highest BCUT2D eigenvalue weighted by Crippen LogP contribution is 2.25. The highest BCUT2D eigenvalue weighted by molar-refractivity contribution is 7.91. The topological polar surface area (TPSA) is 53.5 Å². The van der Waals surface area contributed by atoms with Crippen LogP contribution in [0.25, 0.3) is 0 Å². The Hall–Kier alpha value is -1.21. The fourth-order valence-electron chi connectivity index (χ4n) is 4.40. The maximum Gasteiger partial charge on any atom is 0.214 e. The van der Waals surface area contributed by atoms with Gasteiger partial charge < -0.3 is 4.90 Å². The van der Waals surface area contributed by atoms with Crippen molar-refractivity contribution >= 4 is 15.7 Å². The number of piperazine rings is 1. The molecule has 0 radical (unpaired) electrons. The van der Waals surface area contributed by atoms with Crippen LogP contribution in [0.15, 0.2) is 18.2 Å². The monoisotopic (exact) mass is 411 g/mol. The van der Waals surface area contributed by atoms with Crippen LogP contribution in [-0.2, 0) is 9.84 Å². The van der Waals surface area contributed by atoms with E-state index in [2.05, 4.69) is 14.8 Å². The highest BCUT2D eigenvalue weighted by Gasteiger charge is 2.21. The first kappa shape index (κ1) is 21.5. The molecule has 1 saturated carbocycles. The van der Waals surface area contributed by atoms with Crippen molar-refractivity contribution in [1.29, 1.82) is 0 Å². The van der Waals surface area contributed by atoms with Crippen LogP contribution >= 0.6 is 0 Å². The summed E-state index contributed by atoms with van der Waals surface area (Å²) in [6.45, 7) is 4.60. The second-order valence-corrected chi connectivity index (χ2v) is 10.6. The van der Waals surface area contributed by atoms with Crippen molar-refractivity contribution in [3.05, 3.63) is 24.1 Å². The summed E-state index contributed by atoms with van der Waals surface area (Å²) in [4.78, 5) is 8.49. The maximum atomic E-state index is 13.3. The SMILES string of the molecule is O=S(=O)(CCCCCN1CCN(c2cccc(F)n2)CC1)CC1CCCCC1. The van der Waals surface area contributed by atoms with Gasteiger partial charge in [0.2, 0.25) is 5.95 Å². The molecule has 2 heterocycles. The molecule has 28 heavy (non-hydrogen) atoms. The number of nitrogens with zero attached hydrogens (tertiary/aromatic N) is 3. The molecular weight excluding hydrogens is 377 g/mol. The second kappa shape index (κ2) is 10.5. The fraction of sp³-hybridized carbons (Fsp3) is 0.762. The lowest BCUT2D eigenvalue weighted by atomic mass is 9.91. The molecular formula is C21H34FN3O2S. The zero-order valence-corrected chi connectivity index (χ0v) is 17.7. The Morgan fingerprint density at radius 2 is 1.75 bits per heavy atom. The molecule has 1 aliphatic carbocycles. The molecule has 0 atom stereocenters. The molecule has 2 aliphatic rings. The summed E-state index contributed by atoms with van der Waals surface area (Å²) in [5, 5.41) is 0. The van der Waals surface area contributed by atoms with E-state index in [4.69, 9.17) is 0 Å². The summed E-state index contributed by atoms with van der Waals surface area (Å²) in [6, 6.07) is 4.92. The molecule has 0 bridgehead atoms. The molecule has 5 nitrogen and oxygen atoms in total. The number of rotatable bonds is 9. The fourth-order valence-corrected chi connectivity index (χ4v) is 6.27. The van der Waals surface area contributed by atoms with Crippen LogP contribution in [0.5, 0.6) is 0 Å². The molecule has 0 unspecified atom stereocenters. The molecule has 158 valence electrons. The van der Waals surface area contributed by atoms with Crippen molar-refractivity contribution in [2.45, 2.75) is 51.4 Å². The molecule has 0 N–H and O–H groups in total. The van der Waals surface area contributed by atoms with Gasteiger partial charge in [0.05, 0.1) is 11.5 Å². The highest BCUT2D eigenvalue weighted by atomic mass is 32.2. The number of hydrogen-bond donors (Lipinski definition) is 0. The minimum atomic E-state index is -2.89.